The monoisotopic (exact) mass is 455 g/mol. The first-order valence-electron chi connectivity index (χ1n) is 6.91. The highest BCUT2D eigenvalue weighted by atomic mass is 127. The average molecular weight is 456 g/mol. The maximum absolute atomic E-state index is 5.95. The zero-order valence-corrected chi connectivity index (χ0v) is 15.6. The molecule has 3 rings (SSSR count). The summed E-state index contributed by atoms with van der Waals surface area (Å²) in [7, 11) is 0. The zero-order valence-electron chi connectivity index (χ0n) is 12.5. The van der Waals surface area contributed by atoms with E-state index in [2.05, 4.69) is 20.4 Å². The number of guanidine groups is 1. The second-order valence-electron chi connectivity index (χ2n) is 4.71. The predicted octanol–water partition coefficient (Wildman–Crippen LogP) is 3.93. The van der Waals surface area contributed by atoms with Gasteiger partial charge in [0.2, 0.25) is 11.7 Å². The first-order valence-corrected chi connectivity index (χ1v) is 7.29. The highest BCUT2D eigenvalue weighted by Gasteiger charge is 2.08. The number of para-hydroxylation sites is 1. The summed E-state index contributed by atoms with van der Waals surface area (Å²) in [6.07, 6.45) is 0. The fourth-order valence-electron chi connectivity index (χ4n) is 1.93. The molecular weight excluding hydrogens is 441 g/mol. The third-order valence-electron chi connectivity index (χ3n) is 2.98. The van der Waals surface area contributed by atoms with Gasteiger partial charge in [-0.1, -0.05) is 47.1 Å². The minimum atomic E-state index is 0. The zero-order chi connectivity index (χ0) is 16.1. The van der Waals surface area contributed by atoms with E-state index in [0.29, 0.717) is 16.7 Å². The molecule has 124 valence electrons. The summed E-state index contributed by atoms with van der Waals surface area (Å²) >= 11 is 5.95. The van der Waals surface area contributed by atoms with Crippen LogP contribution in [-0.4, -0.2) is 16.1 Å². The number of nitrogens with one attached hydrogen (secondary N) is 1. The van der Waals surface area contributed by atoms with Gasteiger partial charge in [-0.25, -0.2) is 4.99 Å². The Kier molecular flexibility index (Phi) is 6.56. The molecule has 0 aliphatic rings. The summed E-state index contributed by atoms with van der Waals surface area (Å²) in [5.41, 5.74) is 7.47. The number of nitrogens with zero attached hydrogens (tertiary/aromatic N) is 3. The van der Waals surface area contributed by atoms with Crippen molar-refractivity contribution in [2.45, 2.75) is 6.54 Å². The Bertz CT molecular complexity index is 822. The smallest absolute Gasteiger partial charge is 0.248 e. The van der Waals surface area contributed by atoms with Crippen LogP contribution in [0.5, 0.6) is 0 Å². The van der Waals surface area contributed by atoms with E-state index in [1.54, 1.807) is 12.1 Å². The molecule has 0 unspecified atom stereocenters. The van der Waals surface area contributed by atoms with Gasteiger partial charge in [-0.3, -0.25) is 0 Å². The number of rotatable bonds is 4. The van der Waals surface area contributed by atoms with Gasteiger partial charge >= 0.3 is 0 Å². The van der Waals surface area contributed by atoms with Gasteiger partial charge in [-0.05, 0) is 24.3 Å². The van der Waals surface area contributed by atoms with Gasteiger partial charge in [-0.2, -0.15) is 4.98 Å². The van der Waals surface area contributed by atoms with Gasteiger partial charge in [-0.15, -0.1) is 24.0 Å². The Hall–Kier alpha value is -2.13. The molecule has 1 aromatic heterocycles. The van der Waals surface area contributed by atoms with Crippen molar-refractivity contribution in [2.75, 3.05) is 5.32 Å². The molecule has 6 nitrogen and oxygen atoms in total. The molecule has 0 aliphatic heterocycles. The van der Waals surface area contributed by atoms with E-state index >= 15 is 0 Å². The number of aromatic nitrogens is 2. The standard InChI is InChI=1S/C16H14ClN5O.HI/c17-12-6-4-5-11(9-12)15-21-14(23-22-15)10-19-16(18)20-13-7-2-1-3-8-13;/h1-9H,10H2,(H3,18,19,20);1H. The lowest BCUT2D eigenvalue weighted by molar-refractivity contribution is 0.381. The summed E-state index contributed by atoms with van der Waals surface area (Å²) in [6, 6.07) is 16.8. The van der Waals surface area contributed by atoms with E-state index in [4.69, 9.17) is 21.9 Å². The molecule has 3 aromatic rings. The Balaban J connectivity index is 0.00000208. The van der Waals surface area contributed by atoms with Crippen LogP contribution in [0.2, 0.25) is 5.02 Å². The minimum absolute atomic E-state index is 0. The molecule has 0 atom stereocenters. The quantitative estimate of drug-likeness (QED) is 0.353. The molecule has 2 aromatic carbocycles. The Labute approximate surface area is 161 Å². The molecule has 1 heterocycles. The SMILES string of the molecule is I.NC(=NCc1nc(-c2cccc(Cl)c2)no1)Nc1ccccc1. The topological polar surface area (TPSA) is 89.3 Å². The molecule has 0 radical (unpaired) electrons. The first kappa shape index (κ1) is 18.2. The van der Waals surface area contributed by atoms with Crippen molar-refractivity contribution in [3.8, 4) is 11.4 Å². The minimum Gasteiger partial charge on any atom is -0.370 e. The predicted molar refractivity (Wildman–Crippen MR) is 106 cm³/mol. The van der Waals surface area contributed by atoms with Crippen LogP contribution in [0, 0.1) is 0 Å². The van der Waals surface area contributed by atoms with Crippen molar-refractivity contribution in [3.05, 3.63) is 65.5 Å². The van der Waals surface area contributed by atoms with Crippen molar-refractivity contribution >= 4 is 47.2 Å². The molecule has 0 aliphatic carbocycles. The highest BCUT2D eigenvalue weighted by Crippen LogP contribution is 2.20. The number of hydrogen-bond acceptors (Lipinski definition) is 4. The molecule has 0 bridgehead atoms. The number of hydrogen-bond donors (Lipinski definition) is 2. The molecule has 0 saturated heterocycles. The van der Waals surface area contributed by atoms with E-state index < -0.39 is 0 Å². The van der Waals surface area contributed by atoms with Gasteiger partial charge in [0.1, 0.15) is 6.54 Å². The number of benzene rings is 2. The van der Waals surface area contributed by atoms with E-state index in [9.17, 15) is 0 Å². The molecular formula is C16H15ClIN5O. The van der Waals surface area contributed by atoms with Crippen molar-refractivity contribution in [1.82, 2.24) is 10.1 Å². The number of nitrogens with two attached hydrogens (primary N) is 1. The van der Waals surface area contributed by atoms with Crippen LogP contribution in [0.4, 0.5) is 5.69 Å². The van der Waals surface area contributed by atoms with Crippen LogP contribution in [0.15, 0.2) is 64.1 Å². The van der Waals surface area contributed by atoms with Crippen LogP contribution in [0.25, 0.3) is 11.4 Å². The Morgan fingerprint density at radius 3 is 2.71 bits per heavy atom. The van der Waals surface area contributed by atoms with Gasteiger partial charge in [0.15, 0.2) is 5.96 Å². The van der Waals surface area contributed by atoms with Crippen molar-refractivity contribution in [2.24, 2.45) is 10.7 Å². The second-order valence-corrected chi connectivity index (χ2v) is 5.15. The third kappa shape index (κ3) is 4.93. The molecule has 24 heavy (non-hydrogen) atoms. The van der Waals surface area contributed by atoms with Gasteiger partial charge in [0.05, 0.1) is 0 Å². The maximum Gasteiger partial charge on any atom is 0.248 e. The summed E-state index contributed by atoms with van der Waals surface area (Å²) < 4.78 is 5.16. The fourth-order valence-corrected chi connectivity index (χ4v) is 2.12. The van der Waals surface area contributed by atoms with Crippen LogP contribution in [0.1, 0.15) is 5.89 Å². The van der Waals surface area contributed by atoms with E-state index in [1.807, 2.05) is 42.5 Å². The average Bonchev–Trinajstić information content (AvgIpc) is 3.03. The van der Waals surface area contributed by atoms with Crippen molar-refractivity contribution in [3.63, 3.8) is 0 Å². The summed E-state index contributed by atoms with van der Waals surface area (Å²) in [5, 5.41) is 7.51. The van der Waals surface area contributed by atoms with Crippen LogP contribution < -0.4 is 11.1 Å². The van der Waals surface area contributed by atoms with E-state index in [1.165, 1.54) is 0 Å². The number of halogens is 2. The Morgan fingerprint density at radius 2 is 1.96 bits per heavy atom. The largest absolute Gasteiger partial charge is 0.370 e. The van der Waals surface area contributed by atoms with Crippen LogP contribution in [0.3, 0.4) is 0 Å². The maximum atomic E-state index is 5.95. The summed E-state index contributed by atoms with van der Waals surface area (Å²) in [4.78, 5) is 8.45. The third-order valence-corrected chi connectivity index (χ3v) is 3.22. The van der Waals surface area contributed by atoms with Gasteiger partial charge in [0, 0.05) is 16.3 Å². The highest BCUT2D eigenvalue weighted by molar-refractivity contribution is 14.0. The second kappa shape index (κ2) is 8.65. The Morgan fingerprint density at radius 1 is 1.17 bits per heavy atom. The molecule has 0 amide bonds. The number of aliphatic imine (C=N–C) groups is 1. The van der Waals surface area contributed by atoms with E-state index in [0.717, 1.165) is 11.3 Å². The summed E-state index contributed by atoms with van der Waals surface area (Å²) in [6.45, 7) is 0.194. The van der Waals surface area contributed by atoms with Gasteiger partial charge in [0.25, 0.3) is 0 Å². The molecule has 0 saturated carbocycles. The lowest BCUT2D eigenvalue weighted by atomic mass is 10.2. The van der Waals surface area contributed by atoms with Gasteiger partial charge < -0.3 is 15.6 Å². The fraction of sp³-hybridized carbons (Fsp3) is 0.0625. The molecule has 8 heteroatoms. The lowest BCUT2D eigenvalue weighted by Gasteiger charge is -2.03. The van der Waals surface area contributed by atoms with Crippen LogP contribution in [-0.2, 0) is 6.54 Å². The summed E-state index contributed by atoms with van der Waals surface area (Å²) in [5.74, 6) is 1.11. The molecule has 3 N–H and O–H groups in total. The molecule has 0 spiro atoms. The lowest BCUT2D eigenvalue weighted by Crippen LogP contribution is -2.22. The first-order chi connectivity index (χ1) is 11.2. The normalized spacial score (nSPS) is 11.0. The van der Waals surface area contributed by atoms with E-state index in [-0.39, 0.29) is 36.5 Å². The van der Waals surface area contributed by atoms with Crippen molar-refractivity contribution < 1.29 is 4.52 Å². The number of anilines is 1. The van der Waals surface area contributed by atoms with Crippen molar-refractivity contribution in [1.29, 1.82) is 0 Å². The van der Waals surface area contributed by atoms with Crippen LogP contribution >= 0.6 is 35.6 Å². The molecule has 0 fully saturated rings.